The lowest BCUT2D eigenvalue weighted by molar-refractivity contribution is -0.127. The molecule has 1 N–H and O–H groups in total. The molecule has 1 aromatic heterocycles. The number of rotatable bonds is 3. The maximum atomic E-state index is 13.3. The molecule has 2 fully saturated rings. The van der Waals surface area contributed by atoms with Crippen molar-refractivity contribution in [2.75, 3.05) is 10.2 Å². The number of fused-ring (bicyclic) bond motifs is 6. The highest BCUT2D eigenvalue weighted by Crippen LogP contribution is 2.60. The van der Waals surface area contributed by atoms with Crippen LogP contribution in [0, 0.1) is 23.2 Å². The summed E-state index contributed by atoms with van der Waals surface area (Å²) >= 11 is 0. The normalized spacial score (nSPS) is 27.9. The number of hydrogen-bond acceptors (Lipinski definition) is 4. The monoisotopic (exact) mass is 423 g/mol. The van der Waals surface area contributed by atoms with Crippen LogP contribution in [-0.4, -0.2) is 22.7 Å². The van der Waals surface area contributed by atoms with E-state index in [1.807, 2.05) is 37.3 Å². The Morgan fingerprint density at radius 1 is 1.06 bits per heavy atom. The lowest BCUT2D eigenvalue weighted by Crippen LogP contribution is -2.37. The maximum Gasteiger partial charge on any atom is 0.255 e. The standard InChI is InChI=1S/C26H21N3O3/c1-26-18-10-7-17(14-18)21(26)24(31)29(25(26)32)19-11-8-16(9-12-19)23(30)28-20-6-2-4-15-5-3-13-27-22(15)20/h2-13,17-18,21H,14H2,1H3,(H,28,30)/t17?,18?,21-,26-/m0/s1. The van der Waals surface area contributed by atoms with Gasteiger partial charge in [0.2, 0.25) is 11.8 Å². The third-order valence-electron chi connectivity index (χ3n) is 7.38. The smallest absolute Gasteiger partial charge is 0.255 e. The van der Waals surface area contributed by atoms with Crippen molar-refractivity contribution >= 4 is 40.0 Å². The number of para-hydroxylation sites is 1. The highest BCUT2D eigenvalue weighted by Gasteiger charge is 2.67. The summed E-state index contributed by atoms with van der Waals surface area (Å²) in [5.74, 6) is -0.562. The number of imide groups is 1. The number of benzene rings is 2. The average Bonchev–Trinajstić information content (AvgIpc) is 3.45. The summed E-state index contributed by atoms with van der Waals surface area (Å²) in [4.78, 5) is 44.9. The molecule has 3 aromatic rings. The molecule has 6 rings (SSSR count). The van der Waals surface area contributed by atoms with Crippen LogP contribution in [0.25, 0.3) is 10.9 Å². The fraction of sp³-hybridized carbons (Fsp3) is 0.231. The van der Waals surface area contributed by atoms with Crippen molar-refractivity contribution in [3.05, 3.63) is 78.5 Å². The third kappa shape index (κ3) is 2.46. The van der Waals surface area contributed by atoms with Gasteiger partial charge in [0.25, 0.3) is 5.91 Å². The van der Waals surface area contributed by atoms with Gasteiger partial charge in [0, 0.05) is 17.1 Å². The van der Waals surface area contributed by atoms with Crippen molar-refractivity contribution < 1.29 is 14.4 Å². The summed E-state index contributed by atoms with van der Waals surface area (Å²) in [6.45, 7) is 1.92. The van der Waals surface area contributed by atoms with Gasteiger partial charge in [0.1, 0.15) is 0 Å². The van der Waals surface area contributed by atoms with Gasteiger partial charge in [-0.1, -0.05) is 30.4 Å². The van der Waals surface area contributed by atoms with E-state index >= 15 is 0 Å². The molecule has 6 nitrogen and oxygen atoms in total. The average molecular weight is 423 g/mol. The zero-order chi connectivity index (χ0) is 22.0. The molecular weight excluding hydrogens is 402 g/mol. The number of anilines is 2. The summed E-state index contributed by atoms with van der Waals surface area (Å²) in [7, 11) is 0. The molecular formula is C26H21N3O3. The molecule has 2 unspecified atom stereocenters. The molecule has 158 valence electrons. The van der Waals surface area contributed by atoms with Crippen molar-refractivity contribution in [1.29, 1.82) is 0 Å². The quantitative estimate of drug-likeness (QED) is 0.506. The largest absolute Gasteiger partial charge is 0.320 e. The van der Waals surface area contributed by atoms with Crippen LogP contribution in [0.4, 0.5) is 11.4 Å². The Balaban J connectivity index is 1.26. The zero-order valence-corrected chi connectivity index (χ0v) is 17.5. The van der Waals surface area contributed by atoms with Gasteiger partial charge in [-0.25, -0.2) is 4.90 Å². The van der Waals surface area contributed by atoms with Crippen LogP contribution in [0.1, 0.15) is 23.7 Å². The van der Waals surface area contributed by atoms with E-state index in [9.17, 15) is 14.4 Å². The van der Waals surface area contributed by atoms with Crippen molar-refractivity contribution in [3.8, 4) is 0 Å². The lowest BCUT2D eigenvalue weighted by Gasteiger charge is -2.28. The van der Waals surface area contributed by atoms with Gasteiger partial charge in [-0.15, -0.1) is 0 Å². The second-order valence-electron chi connectivity index (χ2n) is 9.01. The highest BCUT2D eigenvalue weighted by molar-refractivity contribution is 6.24. The van der Waals surface area contributed by atoms with E-state index in [1.54, 1.807) is 30.5 Å². The van der Waals surface area contributed by atoms with Crippen LogP contribution in [0.15, 0.2) is 72.9 Å². The second-order valence-corrected chi connectivity index (χ2v) is 9.01. The molecule has 1 aliphatic heterocycles. The molecule has 2 aromatic carbocycles. The molecule has 32 heavy (non-hydrogen) atoms. The Bertz CT molecular complexity index is 1320. The van der Waals surface area contributed by atoms with Crippen LogP contribution in [-0.2, 0) is 9.59 Å². The van der Waals surface area contributed by atoms with Crippen LogP contribution >= 0.6 is 0 Å². The molecule has 1 saturated heterocycles. The van der Waals surface area contributed by atoms with Gasteiger partial charge in [-0.05, 0) is 61.6 Å². The SMILES string of the molecule is C[C@@]12C(=O)N(c3ccc(C(=O)Nc4cccc5cccnc45)cc3)C(=O)[C@@H]1C1C=CC2C1. The fourth-order valence-corrected chi connectivity index (χ4v) is 5.71. The van der Waals surface area contributed by atoms with E-state index in [1.165, 1.54) is 4.90 Å². The molecule has 6 heteroatoms. The number of carbonyl (C=O) groups is 3. The van der Waals surface area contributed by atoms with E-state index in [4.69, 9.17) is 0 Å². The molecule has 0 radical (unpaired) electrons. The summed E-state index contributed by atoms with van der Waals surface area (Å²) in [5, 5.41) is 3.85. The summed E-state index contributed by atoms with van der Waals surface area (Å²) in [5.41, 5.74) is 1.64. The number of allylic oxidation sites excluding steroid dienone is 2. The second kappa shape index (κ2) is 6.60. The number of hydrogen-bond donors (Lipinski definition) is 1. The first-order valence-electron chi connectivity index (χ1n) is 10.8. The van der Waals surface area contributed by atoms with Crippen molar-refractivity contribution in [1.82, 2.24) is 4.98 Å². The Morgan fingerprint density at radius 3 is 2.62 bits per heavy atom. The van der Waals surface area contributed by atoms with Crippen LogP contribution in [0.2, 0.25) is 0 Å². The van der Waals surface area contributed by atoms with Crippen LogP contribution in [0.3, 0.4) is 0 Å². The first kappa shape index (κ1) is 18.9. The Labute approximate surface area is 184 Å². The van der Waals surface area contributed by atoms with Crippen molar-refractivity contribution in [2.24, 2.45) is 23.2 Å². The third-order valence-corrected chi connectivity index (χ3v) is 7.38. The lowest BCUT2D eigenvalue weighted by atomic mass is 9.71. The minimum atomic E-state index is -0.659. The van der Waals surface area contributed by atoms with Crippen molar-refractivity contribution in [3.63, 3.8) is 0 Å². The number of amides is 3. The topological polar surface area (TPSA) is 79.4 Å². The number of aromatic nitrogens is 1. The Kier molecular flexibility index (Phi) is 3.90. The molecule has 4 atom stereocenters. The van der Waals surface area contributed by atoms with Crippen molar-refractivity contribution in [2.45, 2.75) is 13.3 Å². The van der Waals surface area contributed by atoms with E-state index in [0.29, 0.717) is 16.9 Å². The fourth-order valence-electron chi connectivity index (χ4n) is 5.71. The summed E-state index contributed by atoms with van der Waals surface area (Å²) < 4.78 is 0. The van der Waals surface area contributed by atoms with E-state index in [2.05, 4.69) is 22.5 Å². The minimum absolute atomic E-state index is 0.123. The molecule has 2 bridgehead atoms. The van der Waals surface area contributed by atoms with Gasteiger partial charge >= 0.3 is 0 Å². The van der Waals surface area contributed by atoms with Gasteiger partial charge in [-0.2, -0.15) is 0 Å². The molecule has 0 spiro atoms. The van der Waals surface area contributed by atoms with E-state index in [0.717, 1.165) is 17.3 Å². The summed E-state index contributed by atoms with van der Waals surface area (Å²) in [6, 6.07) is 16.0. The molecule has 2 aliphatic carbocycles. The Hall–Kier alpha value is -3.80. The maximum absolute atomic E-state index is 13.3. The predicted octanol–water partition coefficient (Wildman–Crippen LogP) is 4.19. The van der Waals surface area contributed by atoms with Gasteiger partial charge < -0.3 is 5.32 Å². The highest BCUT2D eigenvalue weighted by atomic mass is 16.2. The number of nitrogens with zero attached hydrogens (tertiary/aromatic N) is 2. The van der Waals surface area contributed by atoms with Gasteiger partial charge in [0.15, 0.2) is 0 Å². The van der Waals surface area contributed by atoms with Crippen LogP contribution in [0.5, 0.6) is 0 Å². The number of carbonyl (C=O) groups excluding carboxylic acids is 3. The first-order valence-corrected chi connectivity index (χ1v) is 10.8. The molecule has 1 saturated carbocycles. The molecule has 3 aliphatic rings. The Morgan fingerprint density at radius 2 is 1.84 bits per heavy atom. The van der Waals surface area contributed by atoms with E-state index < -0.39 is 5.41 Å². The van der Waals surface area contributed by atoms with Gasteiger partial charge in [-0.3, -0.25) is 19.4 Å². The van der Waals surface area contributed by atoms with E-state index in [-0.39, 0.29) is 35.5 Å². The van der Waals surface area contributed by atoms with Gasteiger partial charge in [0.05, 0.1) is 28.2 Å². The number of nitrogens with one attached hydrogen (secondary N) is 1. The predicted molar refractivity (Wildman–Crippen MR) is 121 cm³/mol. The van der Waals surface area contributed by atoms with Crippen LogP contribution < -0.4 is 10.2 Å². The molecule has 3 amide bonds. The number of pyridine rings is 1. The first-order chi connectivity index (χ1) is 15.5. The summed E-state index contributed by atoms with van der Waals surface area (Å²) in [6.07, 6.45) is 6.75. The minimum Gasteiger partial charge on any atom is -0.320 e. The molecule has 2 heterocycles. The zero-order valence-electron chi connectivity index (χ0n) is 17.5.